The molecule has 12 heteroatoms. The second-order valence-electron chi connectivity index (χ2n) is 5.57. The van der Waals surface area contributed by atoms with Gasteiger partial charge in [-0.2, -0.15) is 0 Å². The van der Waals surface area contributed by atoms with E-state index >= 15 is 0 Å². The third-order valence-electron chi connectivity index (χ3n) is 3.56. The largest absolute Gasteiger partial charge is 0.351 e. The Hall–Kier alpha value is -2.33. The highest BCUT2D eigenvalue weighted by Crippen LogP contribution is 2.34. The first-order valence-corrected chi connectivity index (χ1v) is 9.96. The van der Waals surface area contributed by atoms with Crippen LogP contribution in [0.25, 0.3) is 17.1 Å². The van der Waals surface area contributed by atoms with Crippen LogP contribution in [0.15, 0.2) is 41.6 Å². The predicted octanol–water partition coefficient (Wildman–Crippen LogP) is 4.32. The molecule has 0 aliphatic heterocycles. The number of thioether (sulfide) groups is 1. The van der Waals surface area contributed by atoms with E-state index in [0.29, 0.717) is 27.1 Å². The smallest absolute Gasteiger partial charge is 0.318 e. The van der Waals surface area contributed by atoms with Crippen molar-refractivity contribution in [1.29, 1.82) is 0 Å². The normalized spacial score (nSPS) is 10.8. The van der Waals surface area contributed by atoms with E-state index in [1.54, 1.807) is 22.8 Å². The Balaban J connectivity index is 2.07. The number of hydrogen-bond acceptors (Lipinski definition) is 5. The van der Waals surface area contributed by atoms with Crippen LogP contribution in [0.4, 0.5) is 9.18 Å². The van der Waals surface area contributed by atoms with Crippen molar-refractivity contribution in [3.8, 4) is 17.1 Å². The number of aromatic nitrogens is 3. The molecule has 0 fully saturated rings. The third-order valence-corrected chi connectivity index (χ3v) is 5.33. The molecule has 1 aromatic heterocycles. The summed E-state index contributed by atoms with van der Waals surface area (Å²) in [5.74, 6) is -1.04. The van der Waals surface area contributed by atoms with Gasteiger partial charge < -0.3 is 5.73 Å². The lowest BCUT2D eigenvalue weighted by Crippen LogP contribution is -2.36. The van der Waals surface area contributed by atoms with Crippen molar-refractivity contribution < 1.29 is 14.0 Å². The van der Waals surface area contributed by atoms with E-state index in [1.807, 2.05) is 5.32 Å². The molecule has 1 heterocycles. The second kappa shape index (κ2) is 9.00. The Kier molecular flexibility index (Phi) is 6.63. The monoisotopic (exact) mass is 473 g/mol. The molecular formula is C17H11Cl3FN5O2S. The summed E-state index contributed by atoms with van der Waals surface area (Å²) < 4.78 is 15.2. The molecule has 2 aromatic carbocycles. The van der Waals surface area contributed by atoms with E-state index in [2.05, 4.69) is 10.2 Å². The minimum atomic E-state index is -0.962. The van der Waals surface area contributed by atoms with Gasteiger partial charge in [0.1, 0.15) is 5.82 Å². The summed E-state index contributed by atoms with van der Waals surface area (Å²) in [6.45, 7) is 0. The van der Waals surface area contributed by atoms with Crippen molar-refractivity contribution in [2.75, 3.05) is 5.75 Å². The molecule has 0 bridgehead atoms. The average Bonchev–Trinajstić information content (AvgIpc) is 3.05. The summed E-state index contributed by atoms with van der Waals surface area (Å²) >= 11 is 19.2. The summed E-state index contributed by atoms with van der Waals surface area (Å²) in [4.78, 5) is 22.6. The van der Waals surface area contributed by atoms with Crippen molar-refractivity contribution in [3.63, 3.8) is 0 Å². The molecule has 0 aliphatic rings. The van der Waals surface area contributed by atoms with Crippen LogP contribution < -0.4 is 11.1 Å². The highest BCUT2D eigenvalue weighted by atomic mass is 35.5. The standard InChI is InChI=1S/C17H11Cl3FN5O2S/c18-8-1-3-10(11(19)5-8)15-24-25-17(29-7-14(27)23-16(22)28)26(15)9-2-4-13(21)12(20)6-9/h1-6H,7H2,(H3,22,23,27,28). The molecule has 3 N–H and O–H groups in total. The maximum atomic E-state index is 13.6. The topological polar surface area (TPSA) is 103 Å². The maximum absolute atomic E-state index is 13.6. The molecule has 150 valence electrons. The Morgan fingerprint density at radius 2 is 1.86 bits per heavy atom. The summed E-state index contributed by atoms with van der Waals surface area (Å²) in [6, 6.07) is 7.93. The van der Waals surface area contributed by atoms with Crippen LogP contribution in [0.3, 0.4) is 0 Å². The van der Waals surface area contributed by atoms with Gasteiger partial charge in [-0.25, -0.2) is 9.18 Å². The van der Waals surface area contributed by atoms with Gasteiger partial charge in [-0.15, -0.1) is 10.2 Å². The van der Waals surface area contributed by atoms with Gasteiger partial charge in [-0.3, -0.25) is 14.7 Å². The van der Waals surface area contributed by atoms with Crippen LogP contribution in [-0.2, 0) is 4.79 Å². The maximum Gasteiger partial charge on any atom is 0.318 e. The summed E-state index contributed by atoms with van der Waals surface area (Å²) in [6.07, 6.45) is 0. The summed E-state index contributed by atoms with van der Waals surface area (Å²) in [7, 11) is 0. The number of nitrogens with zero attached hydrogens (tertiary/aromatic N) is 3. The minimum absolute atomic E-state index is 0.105. The highest BCUT2D eigenvalue weighted by Gasteiger charge is 2.20. The first kappa shape index (κ1) is 21.4. The molecule has 0 unspecified atom stereocenters. The second-order valence-corrected chi connectivity index (χ2v) is 7.76. The number of imide groups is 1. The average molecular weight is 475 g/mol. The molecule has 0 saturated heterocycles. The Morgan fingerprint density at radius 3 is 2.52 bits per heavy atom. The number of carbonyl (C=O) groups excluding carboxylic acids is 2. The number of amides is 3. The Morgan fingerprint density at radius 1 is 1.10 bits per heavy atom. The van der Waals surface area contributed by atoms with Crippen molar-refractivity contribution in [1.82, 2.24) is 20.1 Å². The number of hydrogen-bond donors (Lipinski definition) is 2. The van der Waals surface area contributed by atoms with Crippen molar-refractivity contribution in [2.45, 2.75) is 5.16 Å². The van der Waals surface area contributed by atoms with Crippen LogP contribution in [0.2, 0.25) is 15.1 Å². The molecule has 0 aliphatic carbocycles. The van der Waals surface area contributed by atoms with Gasteiger partial charge >= 0.3 is 6.03 Å². The van der Waals surface area contributed by atoms with E-state index in [-0.39, 0.29) is 15.9 Å². The minimum Gasteiger partial charge on any atom is -0.351 e. The molecule has 0 atom stereocenters. The molecule has 3 rings (SSSR count). The van der Waals surface area contributed by atoms with E-state index in [1.165, 1.54) is 18.2 Å². The molecule has 7 nitrogen and oxygen atoms in total. The zero-order chi connectivity index (χ0) is 21.1. The number of carbonyl (C=O) groups is 2. The van der Waals surface area contributed by atoms with Crippen molar-refractivity contribution >= 4 is 58.5 Å². The quantitative estimate of drug-likeness (QED) is 0.536. The molecule has 0 saturated carbocycles. The first-order chi connectivity index (χ1) is 13.8. The van der Waals surface area contributed by atoms with E-state index < -0.39 is 17.8 Å². The van der Waals surface area contributed by atoms with Crippen LogP contribution in [0.5, 0.6) is 0 Å². The van der Waals surface area contributed by atoms with Crippen LogP contribution >= 0.6 is 46.6 Å². The fraction of sp³-hybridized carbons (Fsp3) is 0.0588. The zero-order valence-electron chi connectivity index (χ0n) is 14.3. The van der Waals surface area contributed by atoms with Gasteiger partial charge in [0.05, 0.1) is 21.5 Å². The number of nitrogens with two attached hydrogens (primary N) is 1. The molecular weight excluding hydrogens is 464 g/mol. The molecule has 3 amide bonds. The van der Waals surface area contributed by atoms with Crippen LogP contribution in [0, 0.1) is 5.82 Å². The summed E-state index contributed by atoms with van der Waals surface area (Å²) in [5.41, 5.74) is 5.89. The lowest BCUT2D eigenvalue weighted by Gasteiger charge is -2.12. The zero-order valence-corrected chi connectivity index (χ0v) is 17.4. The number of rotatable bonds is 5. The molecule has 29 heavy (non-hydrogen) atoms. The number of halogens is 4. The van der Waals surface area contributed by atoms with Gasteiger partial charge in [-0.05, 0) is 36.4 Å². The van der Waals surface area contributed by atoms with E-state index in [0.717, 1.165) is 11.8 Å². The van der Waals surface area contributed by atoms with Gasteiger partial charge in [-0.1, -0.05) is 46.6 Å². The van der Waals surface area contributed by atoms with E-state index in [9.17, 15) is 14.0 Å². The van der Waals surface area contributed by atoms with Crippen LogP contribution in [-0.4, -0.2) is 32.5 Å². The van der Waals surface area contributed by atoms with Crippen LogP contribution in [0.1, 0.15) is 0 Å². The van der Waals surface area contributed by atoms with Crippen molar-refractivity contribution in [3.05, 3.63) is 57.3 Å². The third kappa shape index (κ3) is 4.99. The highest BCUT2D eigenvalue weighted by molar-refractivity contribution is 7.99. The number of primary amides is 1. The Labute approximate surface area is 183 Å². The van der Waals surface area contributed by atoms with Gasteiger partial charge in [0.2, 0.25) is 5.91 Å². The Bertz CT molecular complexity index is 1110. The molecule has 0 spiro atoms. The number of benzene rings is 2. The number of urea groups is 1. The van der Waals surface area contributed by atoms with Crippen molar-refractivity contribution in [2.24, 2.45) is 5.73 Å². The summed E-state index contributed by atoms with van der Waals surface area (Å²) in [5, 5.41) is 11.1. The lowest BCUT2D eigenvalue weighted by atomic mass is 10.2. The fourth-order valence-electron chi connectivity index (χ4n) is 2.37. The predicted molar refractivity (Wildman–Crippen MR) is 110 cm³/mol. The lowest BCUT2D eigenvalue weighted by molar-refractivity contribution is -0.117. The van der Waals surface area contributed by atoms with Gasteiger partial charge in [0, 0.05) is 10.6 Å². The molecule has 0 radical (unpaired) electrons. The first-order valence-electron chi connectivity index (χ1n) is 7.84. The number of nitrogens with one attached hydrogen (secondary N) is 1. The van der Waals surface area contributed by atoms with Gasteiger partial charge in [0.25, 0.3) is 0 Å². The van der Waals surface area contributed by atoms with Gasteiger partial charge in [0.15, 0.2) is 11.0 Å². The fourth-order valence-corrected chi connectivity index (χ4v) is 3.79. The SMILES string of the molecule is NC(=O)NC(=O)CSc1nnc(-c2ccc(Cl)cc2Cl)n1-c1ccc(F)c(Cl)c1. The van der Waals surface area contributed by atoms with E-state index in [4.69, 9.17) is 40.5 Å². The molecule has 3 aromatic rings.